The molecule has 60 valence electrons. The van der Waals surface area contributed by atoms with Gasteiger partial charge in [-0.25, -0.2) is 0 Å². The van der Waals surface area contributed by atoms with Crippen LogP contribution in [0.3, 0.4) is 0 Å². The van der Waals surface area contributed by atoms with Crippen molar-refractivity contribution in [1.82, 2.24) is 5.32 Å². The topological polar surface area (TPSA) is 46.2 Å². The number of amides is 2. The van der Waals surface area contributed by atoms with Crippen molar-refractivity contribution in [2.45, 2.75) is 6.42 Å². The quantitative estimate of drug-likeness (QED) is 0.429. The Kier molecular flexibility index (Phi) is 1.44. The molecule has 4 heteroatoms. The second kappa shape index (κ2) is 2.35. The van der Waals surface area contributed by atoms with Crippen molar-refractivity contribution in [3.05, 3.63) is 23.3 Å². The lowest BCUT2D eigenvalue weighted by Gasteiger charge is -2.04. The Morgan fingerprint density at radius 3 is 2.75 bits per heavy atom. The third-order valence-electron chi connectivity index (χ3n) is 1.83. The van der Waals surface area contributed by atoms with E-state index in [9.17, 15) is 9.59 Å². The van der Waals surface area contributed by atoms with E-state index >= 15 is 0 Å². The first-order valence-corrected chi connectivity index (χ1v) is 3.90. The molecule has 1 aliphatic heterocycles. The van der Waals surface area contributed by atoms with Gasteiger partial charge in [0.25, 0.3) is 11.8 Å². The van der Waals surface area contributed by atoms with Crippen molar-refractivity contribution in [3.63, 3.8) is 0 Å². The predicted octanol–water partition coefficient (Wildman–Crippen LogP) is 0.269. The molecule has 1 aliphatic carbocycles. The second-order valence-corrected chi connectivity index (χ2v) is 3.09. The van der Waals surface area contributed by atoms with Crippen LogP contribution >= 0.6 is 12.2 Å². The summed E-state index contributed by atoms with van der Waals surface area (Å²) in [4.78, 5) is 22.7. The van der Waals surface area contributed by atoms with Crippen LogP contribution in [0.15, 0.2) is 23.3 Å². The van der Waals surface area contributed by atoms with Gasteiger partial charge in [0.2, 0.25) is 0 Å². The molecule has 0 aromatic rings. The van der Waals surface area contributed by atoms with Crippen LogP contribution in [0.2, 0.25) is 0 Å². The van der Waals surface area contributed by atoms with Gasteiger partial charge in [-0.15, -0.1) is 0 Å². The Morgan fingerprint density at radius 1 is 1.33 bits per heavy atom. The first-order chi connectivity index (χ1) is 5.70. The molecule has 2 amide bonds. The number of carbonyl (C=O) groups excluding carboxylic acids is 2. The Balaban J connectivity index is 2.59. The third kappa shape index (κ3) is 0.848. The molecule has 0 radical (unpaired) electrons. The monoisotopic (exact) mass is 179 g/mol. The summed E-state index contributed by atoms with van der Waals surface area (Å²) >= 11 is 4.95. The number of hydrogen-bond acceptors (Lipinski definition) is 3. The molecule has 0 aromatic heterocycles. The highest BCUT2D eigenvalue weighted by Crippen LogP contribution is 2.21. The molecule has 2 rings (SSSR count). The van der Waals surface area contributed by atoms with E-state index in [0.717, 1.165) is 0 Å². The van der Waals surface area contributed by atoms with E-state index in [1.54, 1.807) is 12.2 Å². The minimum Gasteiger partial charge on any atom is -0.288 e. The highest BCUT2D eigenvalue weighted by Gasteiger charge is 2.32. The summed E-state index contributed by atoms with van der Waals surface area (Å²) in [5, 5.41) is 2.20. The zero-order chi connectivity index (χ0) is 8.72. The maximum absolute atomic E-state index is 11.1. The van der Waals surface area contributed by atoms with E-state index in [4.69, 9.17) is 12.2 Å². The van der Waals surface area contributed by atoms with E-state index < -0.39 is 0 Å². The van der Waals surface area contributed by atoms with Crippen molar-refractivity contribution >= 4 is 28.9 Å². The van der Waals surface area contributed by atoms with E-state index in [2.05, 4.69) is 5.32 Å². The molecule has 3 nitrogen and oxygen atoms in total. The van der Waals surface area contributed by atoms with Crippen molar-refractivity contribution in [2.75, 3.05) is 0 Å². The molecular weight excluding hydrogens is 174 g/mol. The van der Waals surface area contributed by atoms with Crippen LogP contribution in [0.5, 0.6) is 0 Å². The van der Waals surface area contributed by atoms with Crippen LogP contribution in [0, 0.1) is 0 Å². The number of imide groups is 1. The Bertz CT molecular complexity index is 355. The lowest BCUT2D eigenvalue weighted by Crippen LogP contribution is -2.23. The molecular formula is C8H5NO2S. The minimum absolute atomic E-state index is 0.340. The smallest absolute Gasteiger partial charge is 0.260 e. The van der Waals surface area contributed by atoms with Crippen LogP contribution in [0.4, 0.5) is 0 Å². The van der Waals surface area contributed by atoms with Gasteiger partial charge in [0.05, 0.1) is 11.1 Å². The van der Waals surface area contributed by atoms with Crippen molar-refractivity contribution in [3.8, 4) is 0 Å². The molecule has 0 bridgehead atoms. The predicted molar refractivity (Wildman–Crippen MR) is 46.5 cm³/mol. The van der Waals surface area contributed by atoms with Crippen LogP contribution in [0.25, 0.3) is 0 Å². The van der Waals surface area contributed by atoms with Gasteiger partial charge in [-0.1, -0.05) is 24.4 Å². The molecule has 0 fully saturated rings. The molecule has 2 aliphatic rings. The molecule has 0 unspecified atom stereocenters. The molecule has 12 heavy (non-hydrogen) atoms. The number of allylic oxidation sites excluding steroid dienone is 1. The van der Waals surface area contributed by atoms with Crippen LogP contribution in [-0.4, -0.2) is 16.7 Å². The summed E-state index contributed by atoms with van der Waals surface area (Å²) in [7, 11) is 0. The van der Waals surface area contributed by atoms with E-state index in [1.165, 1.54) is 0 Å². The first kappa shape index (κ1) is 7.36. The number of nitrogens with one attached hydrogen (secondary N) is 1. The summed E-state index contributed by atoms with van der Waals surface area (Å²) in [6, 6.07) is 0. The van der Waals surface area contributed by atoms with Crippen molar-refractivity contribution in [2.24, 2.45) is 0 Å². The summed E-state index contributed by atoms with van der Waals surface area (Å²) in [6.07, 6.45) is 4.01. The van der Waals surface area contributed by atoms with Gasteiger partial charge >= 0.3 is 0 Å². The zero-order valence-corrected chi connectivity index (χ0v) is 6.90. The fourth-order valence-electron chi connectivity index (χ4n) is 1.29. The molecule has 1 heterocycles. The Hall–Kier alpha value is -1.29. The standard InChI is InChI=1S/C8H5NO2S/c10-7-4-2-1-3-5(12)6(4)8(11)9-7/h1-2H,3H2,(H,9,10,11). The van der Waals surface area contributed by atoms with Gasteiger partial charge in [-0.05, 0) is 0 Å². The first-order valence-electron chi connectivity index (χ1n) is 3.50. The lowest BCUT2D eigenvalue weighted by molar-refractivity contribution is -0.123. The summed E-state index contributed by atoms with van der Waals surface area (Å²) < 4.78 is 0. The average molecular weight is 179 g/mol. The highest BCUT2D eigenvalue weighted by atomic mass is 32.1. The largest absolute Gasteiger partial charge is 0.288 e. The fourth-order valence-corrected chi connectivity index (χ4v) is 1.59. The summed E-state index contributed by atoms with van der Waals surface area (Å²) in [5.41, 5.74) is 0.800. The number of carbonyl (C=O) groups is 2. The molecule has 0 aromatic carbocycles. The van der Waals surface area contributed by atoms with Gasteiger partial charge in [0, 0.05) is 11.3 Å². The zero-order valence-electron chi connectivity index (χ0n) is 6.09. The number of thiocarbonyl (C=S) groups is 1. The Labute approximate surface area is 74.1 Å². The molecule has 0 saturated carbocycles. The van der Waals surface area contributed by atoms with Crippen LogP contribution in [-0.2, 0) is 9.59 Å². The summed E-state index contributed by atoms with van der Waals surface area (Å²) in [6.45, 7) is 0. The van der Waals surface area contributed by atoms with Gasteiger partial charge < -0.3 is 0 Å². The van der Waals surface area contributed by atoms with E-state index in [1.807, 2.05) is 0 Å². The fraction of sp³-hybridized carbons (Fsp3) is 0.125. The Morgan fingerprint density at radius 2 is 2.08 bits per heavy atom. The molecule has 1 N–H and O–H groups in total. The molecule has 0 atom stereocenters. The van der Waals surface area contributed by atoms with Gasteiger partial charge in [0.15, 0.2) is 0 Å². The van der Waals surface area contributed by atoms with Crippen molar-refractivity contribution < 1.29 is 9.59 Å². The molecule has 0 saturated heterocycles. The van der Waals surface area contributed by atoms with E-state index in [-0.39, 0.29) is 11.8 Å². The van der Waals surface area contributed by atoms with Gasteiger partial charge in [-0.2, -0.15) is 0 Å². The van der Waals surface area contributed by atoms with Crippen LogP contribution in [0.1, 0.15) is 6.42 Å². The normalized spacial score (nSPS) is 21.5. The molecule has 0 spiro atoms. The maximum Gasteiger partial charge on any atom is 0.260 e. The average Bonchev–Trinajstić information content (AvgIpc) is 2.29. The van der Waals surface area contributed by atoms with Crippen LogP contribution < -0.4 is 5.32 Å². The summed E-state index contributed by atoms with van der Waals surface area (Å²) in [5.74, 6) is -0.697. The number of rotatable bonds is 0. The lowest BCUT2D eigenvalue weighted by atomic mass is 9.99. The van der Waals surface area contributed by atoms with Gasteiger partial charge in [-0.3, -0.25) is 14.9 Å². The highest BCUT2D eigenvalue weighted by molar-refractivity contribution is 7.81. The minimum atomic E-state index is -0.357. The van der Waals surface area contributed by atoms with Crippen molar-refractivity contribution in [1.29, 1.82) is 0 Å². The number of hydrogen-bond donors (Lipinski definition) is 1. The third-order valence-corrected chi connectivity index (χ3v) is 2.21. The van der Waals surface area contributed by atoms with Gasteiger partial charge in [0.1, 0.15) is 0 Å². The second-order valence-electron chi connectivity index (χ2n) is 2.60. The maximum atomic E-state index is 11.1. The van der Waals surface area contributed by atoms with E-state index in [0.29, 0.717) is 22.4 Å². The SMILES string of the molecule is O=C1NC(=O)C2=C1C=CCC2=S.